The SMILES string of the molecule is CCCN(CCC)c1nccc(Nc2ccc(C(C)=O)cc2)n1. The van der Waals surface area contributed by atoms with Gasteiger partial charge >= 0.3 is 0 Å². The van der Waals surface area contributed by atoms with Crippen molar-refractivity contribution in [1.82, 2.24) is 9.97 Å². The summed E-state index contributed by atoms with van der Waals surface area (Å²) in [5.74, 6) is 1.57. The van der Waals surface area contributed by atoms with E-state index >= 15 is 0 Å². The van der Waals surface area contributed by atoms with E-state index in [1.807, 2.05) is 30.3 Å². The van der Waals surface area contributed by atoms with Crippen LogP contribution in [0, 0.1) is 0 Å². The molecule has 0 saturated heterocycles. The van der Waals surface area contributed by atoms with Crippen molar-refractivity contribution in [2.45, 2.75) is 33.6 Å². The molecule has 0 aliphatic carbocycles. The molecular weight excluding hydrogens is 288 g/mol. The molecule has 23 heavy (non-hydrogen) atoms. The highest BCUT2D eigenvalue weighted by atomic mass is 16.1. The number of ketones is 1. The lowest BCUT2D eigenvalue weighted by atomic mass is 10.1. The minimum Gasteiger partial charge on any atom is -0.341 e. The van der Waals surface area contributed by atoms with E-state index in [1.165, 1.54) is 0 Å². The molecule has 1 aromatic carbocycles. The molecule has 0 aliphatic heterocycles. The second-order valence-electron chi connectivity index (χ2n) is 5.49. The number of rotatable bonds is 8. The number of benzene rings is 1. The minimum atomic E-state index is 0.0654. The maximum atomic E-state index is 11.3. The molecule has 0 unspecified atom stereocenters. The number of aromatic nitrogens is 2. The average Bonchev–Trinajstić information content (AvgIpc) is 2.55. The Balaban J connectivity index is 2.14. The van der Waals surface area contributed by atoms with E-state index in [0.29, 0.717) is 5.56 Å². The van der Waals surface area contributed by atoms with Gasteiger partial charge in [0.1, 0.15) is 5.82 Å². The zero-order valence-corrected chi connectivity index (χ0v) is 14.0. The number of nitrogens with one attached hydrogen (secondary N) is 1. The Kier molecular flexibility index (Phi) is 6.09. The van der Waals surface area contributed by atoms with Gasteiger partial charge in [-0.25, -0.2) is 4.98 Å². The Labute approximate surface area is 137 Å². The van der Waals surface area contributed by atoms with Gasteiger partial charge in [-0.1, -0.05) is 13.8 Å². The van der Waals surface area contributed by atoms with E-state index in [0.717, 1.165) is 43.4 Å². The van der Waals surface area contributed by atoms with E-state index < -0.39 is 0 Å². The smallest absolute Gasteiger partial charge is 0.227 e. The first-order valence-corrected chi connectivity index (χ1v) is 8.10. The van der Waals surface area contributed by atoms with Crippen LogP contribution in [0.1, 0.15) is 44.0 Å². The molecule has 5 nitrogen and oxygen atoms in total. The summed E-state index contributed by atoms with van der Waals surface area (Å²) in [6, 6.07) is 9.24. The van der Waals surface area contributed by atoms with Crippen LogP contribution < -0.4 is 10.2 Å². The van der Waals surface area contributed by atoms with Crippen molar-refractivity contribution in [2.75, 3.05) is 23.3 Å². The van der Waals surface area contributed by atoms with Crippen molar-refractivity contribution in [2.24, 2.45) is 0 Å². The predicted octanol–water partition coefficient (Wildman–Crippen LogP) is 4.05. The summed E-state index contributed by atoms with van der Waals surface area (Å²) in [4.78, 5) is 22.5. The number of carbonyl (C=O) groups excluding carboxylic acids is 1. The van der Waals surface area contributed by atoms with E-state index in [9.17, 15) is 4.79 Å². The summed E-state index contributed by atoms with van der Waals surface area (Å²) in [7, 11) is 0. The minimum absolute atomic E-state index is 0.0654. The van der Waals surface area contributed by atoms with Crippen molar-refractivity contribution in [1.29, 1.82) is 0 Å². The first-order valence-electron chi connectivity index (χ1n) is 8.10. The fourth-order valence-corrected chi connectivity index (χ4v) is 2.36. The van der Waals surface area contributed by atoms with Crippen LogP contribution in [-0.2, 0) is 0 Å². The maximum absolute atomic E-state index is 11.3. The molecular formula is C18H24N4O. The van der Waals surface area contributed by atoms with E-state index in [-0.39, 0.29) is 5.78 Å². The predicted molar refractivity (Wildman–Crippen MR) is 94.6 cm³/mol. The van der Waals surface area contributed by atoms with Gasteiger partial charge in [-0.05, 0) is 50.1 Å². The van der Waals surface area contributed by atoms with Crippen LogP contribution in [0.2, 0.25) is 0 Å². The Hall–Kier alpha value is -2.43. The lowest BCUT2D eigenvalue weighted by Crippen LogP contribution is -2.26. The van der Waals surface area contributed by atoms with Gasteiger partial charge in [-0.3, -0.25) is 4.79 Å². The summed E-state index contributed by atoms with van der Waals surface area (Å²) in [5.41, 5.74) is 1.60. The lowest BCUT2D eigenvalue weighted by molar-refractivity contribution is 0.101. The van der Waals surface area contributed by atoms with Gasteiger partial charge in [-0.2, -0.15) is 4.98 Å². The highest BCUT2D eigenvalue weighted by molar-refractivity contribution is 5.94. The van der Waals surface area contributed by atoms with E-state index in [1.54, 1.807) is 13.1 Å². The second kappa shape index (κ2) is 8.27. The Morgan fingerprint density at radius 2 is 1.74 bits per heavy atom. The third-order valence-corrected chi connectivity index (χ3v) is 3.48. The first kappa shape index (κ1) is 16.9. The number of nitrogens with zero attached hydrogens (tertiary/aromatic N) is 3. The molecule has 1 aromatic heterocycles. The van der Waals surface area contributed by atoms with Crippen LogP contribution in [-0.4, -0.2) is 28.8 Å². The lowest BCUT2D eigenvalue weighted by Gasteiger charge is -2.21. The highest BCUT2D eigenvalue weighted by Gasteiger charge is 2.08. The second-order valence-corrected chi connectivity index (χ2v) is 5.49. The standard InChI is InChI=1S/C18H24N4O/c1-4-12-22(13-5-2)18-19-11-10-17(21-18)20-16-8-6-15(7-9-16)14(3)23/h6-11H,4-5,12-13H2,1-3H3,(H,19,20,21). The summed E-state index contributed by atoms with van der Waals surface area (Å²) in [6.45, 7) is 7.77. The molecule has 0 saturated carbocycles. The zero-order chi connectivity index (χ0) is 16.7. The van der Waals surface area contributed by atoms with E-state index in [4.69, 9.17) is 0 Å². The first-order chi connectivity index (χ1) is 11.1. The number of Topliss-reactive ketones (excluding diaryl/α,β-unsaturated/α-hetero) is 1. The van der Waals surface area contributed by atoms with Gasteiger partial charge in [0, 0.05) is 30.5 Å². The Bertz CT molecular complexity index is 634. The van der Waals surface area contributed by atoms with Crippen molar-refractivity contribution in [3.63, 3.8) is 0 Å². The van der Waals surface area contributed by atoms with Gasteiger partial charge in [0.15, 0.2) is 5.78 Å². The van der Waals surface area contributed by atoms with Crippen molar-refractivity contribution >= 4 is 23.2 Å². The van der Waals surface area contributed by atoms with Gasteiger partial charge in [0.25, 0.3) is 0 Å². The van der Waals surface area contributed by atoms with Crippen molar-refractivity contribution < 1.29 is 4.79 Å². The molecule has 0 radical (unpaired) electrons. The quantitative estimate of drug-likeness (QED) is 0.745. The van der Waals surface area contributed by atoms with Crippen LogP contribution in [0.5, 0.6) is 0 Å². The summed E-state index contributed by atoms with van der Waals surface area (Å²) >= 11 is 0. The molecule has 1 heterocycles. The van der Waals surface area contributed by atoms with Gasteiger partial charge in [0.05, 0.1) is 0 Å². The summed E-state index contributed by atoms with van der Waals surface area (Å²) in [6.07, 6.45) is 3.90. The van der Waals surface area contributed by atoms with Crippen molar-refractivity contribution in [3.8, 4) is 0 Å². The van der Waals surface area contributed by atoms with Crippen LogP contribution >= 0.6 is 0 Å². The number of carbonyl (C=O) groups is 1. The van der Waals surface area contributed by atoms with Gasteiger partial charge in [0.2, 0.25) is 5.95 Å². The molecule has 0 fully saturated rings. The summed E-state index contributed by atoms with van der Waals surface area (Å²) in [5, 5.41) is 3.26. The average molecular weight is 312 g/mol. The molecule has 0 aliphatic rings. The molecule has 2 rings (SSSR count). The van der Waals surface area contributed by atoms with Crippen LogP contribution in [0.15, 0.2) is 36.5 Å². The topological polar surface area (TPSA) is 58.1 Å². The van der Waals surface area contributed by atoms with Gasteiger partial charge < -0.3 is 10.2 Å². The number of hydrogen-bond donors (Lipinski definition) is 1. The third-order valence-electron chi connectivity index (χ3n) is 3.48. The van der Waals surface area contributed by atoms with E-state index in [2.05, 4.69) is 34.0 Å². The largest absolute Gasteiger partial charge is 0.341 e. The fourth-order valence-electron chi connectivity index (χ4n) is 2.36. The normalized spacial score (nSPS) is 10.4. The van der Waals surface area contributed by atoms with Crippen LogP contribution in [0.25, 0.3) is 0 Å². The third kappa shape index (κ3) is 4.77. The number of hydrogen-bond acceptors (Lipinski definition) is 5. The highest BCUT2D eigenvalue weighted by Crippen LogP contribution is 2.18. The molecule has 0 bridgehead atoms. The van der Waals surface area contributed by atoms with Crippen molar-refractivity contribution in [3.05, 3.63) is 42.1 Å². The van der Waals surface area contributed by atoms with Crippen LogP contribution in [0.4, 0.5) is 17.5 Å². The monoisotopic (exact) mass is 312 g/mol. The van der Waals surface area contributed by atoms with Crippen LogP contribution in [0.3, 0.4) is 0 Å². The molecule has 0 amide bonds. The zero-order valence-electron chi connectivity index (χ0n) is 14.0. The molecule has 122 valence electrons. The fraction of sp³-hybridized carbons (Fsp3) is 0.389. The molecule has 0 spiro atoms. The van der Waals surface area contributed by atoms with Gasteiger partial charge in [-0.15, -0.1) is 0 Å². The Morgan fingerprint density at radius 1 is 1.09 bits per heavy atom. The molecule has 0 atom stereocenters. The molecule has 1 N–H and O–H groups in total. The maximum Gasteiger partial charge on any atom is 0.227 e. The molecule has 2 aromatic rings. The number of anilines is 3. The summed E-state index contributed by atoms with van der Waals surface area (Å²) < 4.78 is 0. The molecule has 5 heteroatoms. The Morgan fingerprint density at radius 3 is 2.30 bits per heavy atom.